The molecule has 0 aliphatic rings. The molecule has 2 aromatic rings. The topological polar surface area (TPSA) is 51.2 Å². The van der Waals surface area contributed by atoms with Crippen LogP contribution in [0.15, 0.2) is 39.4 Å². The van der Waals surface area contributed by atoms with Crippen LogP contribution in [0.5, 0.6) is 0 Å². The molecule has 1 aromatic carbocycles. The fraction of sp³-hybridized carbons (Fsp3) is 0.167. The van der Waals surface area contributed by atoms with Gasteiger partial charge in [0.15, 0.2) is 4.67 Å². The van der Waals surface area contributed by atoms with Crippen molar-refractivity contribution in [1.82, 2.24) is 5.43 Å². The summed E-state index contributed by atoms with van der Waals surface area (Å²) in [6, 6.07) is 7.99. The standard InChI is InChI=1S/C12H11BrClFN2O/c13-11-5-4-10(18-11)9(17-16)6-7-2-1-3-8(15)12(7)14/h1-5,9,17H,6,16H2. The molecule has 1 heterocycles. The van der Waals surface area contributed by atoms with Gasteiger partial charge in [0.05, 0.1) is 11.1 Å². The molecule has 18 heavy (non-hydrogen) atoms. The number of benzene rings is 1. The van der Waals surface area contributed by atoms with E-state index in [2.05, 4.69) is 21.4 Å². The molecule has 0 amide bonds. The molecule has 1 unspecified atom stereocenters. The number of hydrazine groups is 1. The molecule has 0 spiro atoms. The molecule has 0 fully saturated rings. The van der Waals surface area contributed by atoms with Gasteiger partial charge in [-0.3, -0.25) is 5.84 Å². The fourth-order valence-electron chi connectivity index (χ4n) is 1.68. The summed E-state index contributed by atoms with van der Waals surface area (Å²) in [6.45, 7) is 0. The average molecular weight is 334 g/mol. The lowest BCUT2D eigenvalue weighted by Gasteiger charge is -2.14. The Labute approximate surface area is 117 Å². The van der Waals surface area contributed by atoms with Gasteiger partial charge < -0.3 is 4.42 Å². The van der Waals surface area contributed by atoms with Crippen LogP contribution in [-0.4, -0.2) is 0 Å². The smallest absolute Gasteiger partial charge is 0.169 e. The van der Waals surface area contributed by atoms with E-state index >= 15 is 0 Å². The summed E-state index contributed by atoms with van der Waals surface area (Å²) in [4.78, 5) is 0. The van der Waals surface area contributed by atoms with Crippen molar-refractivity contribution in [2.24, 2.45) is 5.84 Å². The Morgan fingerprint density at radius 3 is 2.78 bits per heavy atom. The Morgan fingerprint density at radius 1 is 1.39 bits per heavy atom. The second kappa shape index (κ2) is 5.84. The number of furan rings is 1. The zero-order valence-electron chi connectivity index (χ0n) is 9.29. The van der Waals surface area contributed by atoms with E-state index in [-0.39, 0.29) is 11.1 Å². The minimum Gasteiger partial charge on any atom is -0.453 e. The predicted octanol–water partition coefficient (Wildman–Crippen LogP) is 3.58. The lowest BCUT2D eigenvalue weighted by Crippen LogP contribution is -2.29. The van der Waals surface area contributed by atoms with E-state index in [0.29, 0.717) is 22.4 Å². The van der Waals surface area contributed by atoms with Gasteiger partial charge in [0.1, 0.15) is 11.6 Å². The largest absolute Gasteiger partial charge is 0.453 e. The zero-order chi connectivity index (χ0) is 13.1. The molecular formula is C12H11BrClFN2O. The molecule has 2 rings (SSSR count). The molecule has 0 radical (unpaired) electrons. The molecule has 0 aliphatic heterocycles. The maximum absolute atomic E-state index is 13.3. The van der Waals surface area contributed by atoms with Crippen LogP contribution in [0.25, 0.3) is 0 Å². The SMILES string of the molecule is NNC(Cc1cccc(F)c1Cl)c1ccc(Br)o1. The van der Waals surface area contributed by atoms with Crippen LogP contribution in [0.1, 0.15) is 17.4 Å². The monoisotopic (exact) mass is 332 g/mol. The first kappa shape index (κ1) is 13.5. The molecule has 0 saturated heterocycles. The summed E-state index contributed by atoms with van der Waals surface area (Å²) in [5, 5.41) is 0.114. The van der Waals surface area contributed by atoms with Gasteiger partial charge >= 0.3 is 0 Å². The van der Waals surface area contributed by atoms with E-state index < -0.39 is 5.82 Å². The second-order valence-electron chi connectivity index (χ2n) is 3.78. The third-order valence-corrected chi connectivity index (χ3v) is 3.44. The van der Waals surface area contributed by atoms with Gasteiger partial charge in [-0.15, -0.1) is 0 Å². The van der Waals surface area contributed by atoms with E-state index in [9.17, 15) is 4.39 Å². The Bertz CT molecular complexity index is 547. The molecule has 0 aliphatic carbocycles. The Kier molecular flexibility index (Phi) is 4.40. The van der Waals surface area contributed by atoms with Crippen LogP contribution in [0, 0.1) is 5.82 Å². The minimum absolute atomic E-state index is 0.114. The highest BCUT2D eigenvalue weighted by Crippen LogP contribution is 2.27. The number of rotatable bonds is 4. The average Bonchev–Trinajstić information content (AvgIpc) is 2.78. The molecule has 3 N–H and O–H groups in total. The zero-order valence-corrected chi connectivity index (χ0v) is 11.6. The maximum Gasteiger partial charge on any atom is 0.169 e. The summed E-state index contributed by atoms with van der Waals surface area (Å²) in [6.07, 6.45) is 0.438. The van der Waals surface area contributed by atoms with Gasteiger partial charge in [0.25, 0.3) is 0 Å². The van der Waals surface area contributed by atoms with Crippen molar-refractivity contribution in [1.29, 1.82) is 0 Å². The Morgan fingerprint density at radius 2 is 2.17 bits per heavy atom. The Balaban J connectivity index is 2.23. The predicted molar refractivity (Wildman–Crippen MR) is 71.6 cm³/mol. The van der Waals surface area contributed by atoms with E-state index in [0.717, 1.165) is 0 Å². The normalized spacial score (nSPS) is 12.7. The highest BCUT2D eigenvalue weighted by molar-refractivity contribution is 9.10. The van der Waals surface area contributed by atoms with E-state index in [1.54, 1.807) is 24.3 Å². The first-order valence-corrected chi connectivity index (χ1v) is 6.43. The van der Waals surface area contributed by atoms with Crippen LogP contribution in [-0.2, 0) is 6.42 Å². The van der Waals surface area contributed by atoms with Crippen LogP contribution < -0.4 is 11.3 Å². The number of hydrogen-bond acceptors (Lipinski definition) is 3. The summed E-state index contributed by atoms with van der Waals surface area (Å²) in [5.41, 5.74) is 3.30. The van der Waals surface area contributed by atoms with Crippen LogP contribution in [0.2, 0.25) is 5.02 Å². The first-order valence-electron chi connectivity index (χ1n) is 5.26. The van der Waals surface area contributed by atoms with E-state index in [1.807, 2.05) is 0 Å². The summed E-state index contributed by atoms with van der Waals surface area (Å²) in [7, 11) is 0. The lowest BCUT2D eigenvalue weighted by atomic mass is 10.0. The molecule has 1 aromatic heterocycles. The highest BCUT2D eigenvalue weighted by Gasteiger charge is 2.17. The lowest BCUT2D eigenvalue weighted by molar-refractivity contribution is 0.404. The van der Waals surface area contributed by atoms with Gasteiger partial charge in [0, 0.05) is 0 Å². The summed E-state index contributed by atoms with van der Waals surface area (Å²) >= 11 is 9.12. The van der Waals surface area contributed by atoms with Crippen molar-refractivity contribution in [3.05, 3.63) is 57.2 Å². The molecule has 96 valence electrons. The van der Waals surface area contributed by atoms with E-state index in [4.69, 9.17) is 21.9 Å². The number of nitrogens with two attached hydrogens (primary N) is 1. The van der Waals surface area contributed by atoms with Crippen LogP contribution in [0.3, 0.4) is 0 Å². The second-order valence-corrected chi connectivity index (χ2v) is 4.94. The van der Waals surface area contributed by atoms with Gasteiger partial charge in [-0.05, 0) is 46.1 Å². The van der Waals surface area contributed by atoms with Crippen LogP contribution >= 0.6 is 27.5 Å². The summed E-state index contributed by atoms with van der Waals surface area (Å²) < 4.78 is 19.4. The van der Waals surface area contributed by atoms with Gasteiger partial charge in [-0.25, -0.2) is 9.82 Å². The number of nitrogens with one attached hydrogen (secondary N) is 1. The molecule has 1 atom stereocenters. The van der Waals surface area contributed by atoms with Crippen LogP contribution in [0.4, 0.5) is 4.39 Å². The Hall–Kier alpha value is -0.880. The summed E-state index contributed by atoms with van der Waals surface area (Å²) in [5.74, 6) is 5.71. The molecule has 0 bridgehead atoms. The number of halogens is 3. The van der Waals surface area contributed by atoms with Gasteiger partial charge in [-0.2, -0.15) is 0 Å². The molecule has 3 nitrogen and oxygen atoms in total. The first-order chi connectivity index (χ1) is 8.61. The van der Waals surface area contributed by atoms with Crippen molar-refractivity contribution >= 4 is 27.5 Å². The number of hydrogen-bond donors (Lipinski definition) is 2. The highest BCUT2D eigenvalue weighted by atomic mass is 79.9. The van der Waals surface area contributed by atoms with Gasteiger partial charge in [-0.1, -0.05) is 23.7 Å². The van der Waals surface area contributed by atoms with Crippen molar-refractivity contribution in [2.75, 3.05) is 0 Å². The quantitative estimate of drug-likeness (QED) is 0.664. The maximum atomic E-state index is 13.3. The minimum atomic E-state index is -0.439. The van der Waals surface area contributed by atoms with Crippen molar-refractivity contribution in [3.63, 3.8) is 0 Å². The molecule has 0 saturated carbocycles. The molecular weight excluding hydrogens is 322 g/mol. The van der Waals surface area contributed by atoms with Gasteiger partial charge in [0.2, 0.25) is 0 Å². The van der Waals surface area contributed by atoms with Crippen molar-refractivity contribution < 1.29 is 8.81 Å². The van der Waals surface area contributed by atoms with E-state index in [1.165, 1.54) is 6.07 Å². The van der Waals surface area contributed by atoms with Crippen molar-refractivity contribution in [3.8, 4) is 0 Å². The third-order valence-electron chi connectivity index (χ3n) is 2.59. The fourth-order valence-corrected chi connectivity index (χ4v) is 2.21. The van der Waals surface area contributed by atoms with Crippen molar-refractivity contribution in [2.45, 2.75) is 12.5 Å². The third kappa shape index (κ3) is 2.92. The molecule has 6 heteroatoms.